The van der Waals surface area contributed by atoms with E-state index in [1.165, 1.54) is 12.1 Å². The molecule has 0 aliphatic heterocycles. The predicted octanol–water partition coefficient (Wildman–Crippen LogP) is 1.15. The summed E-state index contributed by atoms with van der Waals surface area (Å²) in [7, 11) is 1.85. The van der Waals surface area contributed by atoms with Crippen LogP contribution in [0.2, 0.25) is 0 Å². The van der Waals surface area contributed by atoms with Crippen molar-refractivity contribution in [1.82, 2.24) is 4.90 Å². The molecule has 0 heterocycles. The number of aliphatic hydroxyl groups is 1. The summed E-state index contributed by atoms with van der Waals surface area (Å²) in [5.74, 6) is -1.09. The second kappa shape index (κ2) is 7.41. The molecule has 0 spiro atoms. The highest BCUT2D eigenvalue weighted by Crippen LogP contribution is 2.10. The van der Waals surface area contributed by atoms with E-state index in [0.717, 1.165) is 6.07 Å². The van der Waals surface area contributed by atoms with Crippen LogP contribution in [0.15, 0.2) is 18.2 Å². The Labute approximate surface area is 106 Å². The standard InChI is InChI=1S/C13H20F2N2O/c1-17(9-12(18)4-6-16)7-5-10-2-3-11(14)8-13(10)15/h2-3,8,12,18H,4-7,9,16H2,1H3. The predicted molar refractivity (Wildman–Crippen MR) is 67.2 cm³/mol. The van der Waals surface area contributed by atoms with E-state index >= 15 is 0 Å². The van der Waals surface area contributed by atoms with Gasteiger partial charge in [0.2, 0.25) is 0 Å². The van der Waals surface area contributed by atoms with Crippen LogP contribution in [0.25, 0.3) is 0 Å². The van der Waals surface area contributed by atoms with Gasteiger partial charge in [-0.15, -0.1) is 0 Å². The molecule has 0 saturated carbocycles. The summed E-state index contributed by atoms with van der Waals surface area (Å²) in [6, 6.07) is 3.59. The first kappa shape index (κ1) is 15.0. The summed E-state index contributed by atoms with van der Waals surface area (Å²) in [4.78, 5) is 1.91. The van der Waals surface area contributed by atoms with Crippen LogP contribution in [0, 0.1) is 11.6 Å². The highest BCUT2D eigenvalue weighted by atomic mass is 19.1. The molecule has 102 valence electrons. The summed E-state index contributed by atoms with van der Waals surface area (Å²) in [5, 5.41) is 9.56. The van der Waals surface area contributed by atoms with Crippen molar-refractivity contribution in [1.29, 1.82) is 0 Å². The maximum absolute atomic E-state index is 13.4. The van der Waals surface area contributed by atoms with Crippen molar-refractivity contribution in [2.24, 2.45) is 5.73 Å². The lowest BCUT2D eigenvalue weighted by molar-refractivity contribution is 0.120. The number of nitrogens with zero attached hydrogens (tertiary/aromatic N) is 1. The van der Waals surface area contributed by atoms with Crippen LogP contribution in [0.5, 0.6) is 0 Å². The van der Waals surface area contributed by atoms with Crippen LogP contribution in [-0.4, -0.2) is 42.8 Å². The van der Waals surface area contributed by atoms with Crippen molar-refractivity contribution < 1.29 is 13.9 Å². The van der Waals surface area contributed by atoms with Gasteiger partial charge < -0.3 is 15.7 Å². The zero-order valence-electron chi connectivity index (χ0n) is 10.6. The average molecular weight is 258 g/mol. The average Bonchev–Trinajstić information content (AvgIpc) is 2.28. The molecule has 5 heteroatoms. The lowest BCUT2D eigenvalue weighted by Gasteiger charge is -2.20. The van der Waals surface area contributed by atoms with Crippen LogP contribution in [0.4, 0.5) is 8.78 Å². The largest absolute Gasteiger partial charge is 0.392 e. The quantitative estimate of drug-likeness (QED) is 0.771. The van der Waals surface area contributed by atoms with Crippen LogP contribution in [-0.2, 0) is 6.42 Å². The van der Waals surface area contributed by atoms with Gasteiger partial charge in [0.05, 0.1) is 6.10 Å². The van der Waals surface area contributed by atoms with Gasteiger partial charge in [-0.2, -0.15) is 0 Å². The molecule has 0 aliphatic rings. The van der Waals surface area contributed by atoms with Gasteiger partial charge in [0.25, 0.3) is 0 Å². The third-order valence-corrected chi connectivity index (χ3v) is 2.80. The third-order valence-electron chi connectivity index (χ3n) is 2.80. The smallest absolute Gasteiger partial charge is 0.129 e. The highest BCUT2D eigenvalue weighted by Gasteiger charge is 2.09. The monoisotopic (exact) mass is 258 g/mol. The minimum absolute atomic E-state index is 0.446. The summed E-state index contributed by atoms with van der Waals surface area (Å²) in [6.45, 7) is 1.55. The molecule has 0 amide bonds. The second-order valence-electron chi connectivity index (χ2n) is 4.48. The Kier molecular flexibility index (Phi) is 6.18. The third kappa shape index (κ3) is 5.08. The summed E-state index contributed by atoms with van der Waals surface area (Å²) >= 11 is 0. The van der Waals surface area contributed by atoms with E-state index in [1.807, 2.05) is 11.9 Å². The lowest BCUT2D eigenvalue weighted by Crippen LogP contribution is -2.32. The molecule has 0 bridgehead atoms. The molecule has 0 radical (unpaired) electrons. The first-order valence-electron chi connectivity index (χ1n) is 6.03. The van der Waals surface area contributed by atoms with Crippen molar-refractivity contribution in [3.8, 4) is 0 Å². The first-order chi connectivity index (χ1) is 8.52. The molecule has 0 saturated heterocycles. The normalized spacial score (nSPS) is 13.0. The van der Waals surface area contributed by atoms with Crippen molar-refractivity contribution in [3.05, 3.63) is 35.4 Å². The Balaban J connectivity index is 2.40. The molecule has 1 atom stereocenters. The van der Waals surface area contributed by atoms with Crippen molar-refractivity contribution in [2.45, 2.75) is 18.9 Å². The Morgan fingerprint density at radius 3 is 2.72 bits per heavy atom. The molecule has 3 nitrogen and oxygen atoms in total. The topological polar surface area (TPSA) is 49.5 Å². The summed E-state index contributed by atoms with van der Waals surface area (Å²) < 4.78 is 26.1. The molecule has 18 heavy (non-hydrogen) atoms. The van der Waals surface area contributed by atoms with E-state index in [1.54, 1.807) is 0 Å². The molecule has 1 aromatic carbocycles. The van der Waals surface area contributed by atoms with E-state index < -0.39 is 17.7 Å². The fourth-order valence-electron chi connectivity index (χ4n) is 1.77. The lowest BCUT2D eigenvalue weighted by atomic mass is 10.1. The summed E-state index contributed by atoms with van der Waals surface area (Å²) in [5.41, 5.74) is 5.82. The van der Waals surface area contributed by atoms with Crippen LogP contribution < -0.4 is 5.73 Å². The van der Waals surface area contributed by atoms with E-state index in [4.69, 9.17) is 5.73 Å². The number of halogens is 2. The van der Waals surface area contributed by atoms with Gasteiger partial charge in [-0.1, -0.05) is 6.07 Å². The fraction of sp³-hybridized carbons (Fsp3) is 0.538. The Morgan fingerprint density at radius 1 is 1.39 bits per heavy atom. The van der Waals surface area contributed by atoms with Gasteiger partial charge in [-0.25, -0.2) is 8.78 Å². The molecule has 1 rings (SSSR count). The summed E-state index contributed by atoms with van der Waals surface area (Å²) in [6.07, 6.45) is 0.575. The molecule has 1 unspecified atom stereocenters. The van der Waals surface area contributed by atoms with Crippen molar-refractivity contribution in [2.75, 3.05) is 26.7 Å². The molecule has 0 aliphatic carbocycles. The van der Waals surface area contributed by atoms with Crippen LogP contribution in [0.1, 0.15) is 12.0 Å². The zero-order valence-corrected chi connectivity index (χ0v) is 10.6. The van der Waals surface area contributed by atoms with Gasteiger partial charge in [-0.05, 0) is 38.1 Å². The molecule has 1 aromatic rings. The molecular formula is C13H20F2N2O. The molecular weight excluding hydrogens is 238 g/mol. The van der Waals surface area contributed by atoms with Gasteiger partial charge >= 0.3 is 0 Å². The molecule has 0 aromatic heterocycles. The number of hydrogen-bond donors (Lipinski definition) is 2. The molecule has 3 N–H and O–H groups in total. The van der Waals surface area contributed by atoms with Crippen molar-refractivity contribution >= 4 is 0 Å². The van der Waals surface area contributed by atoms with Crippen LogP contribution in [0.3, 0.4) is 0 Å². The van der Waals surface area contributed by atoms with Gasteiger partial charge in [0.1, 0.15) is 11.6 Å². The van der Waals surface area contributed by atoms with Gasteiger partial charge in [0.15, 0.2) is 0 Å². The fourth-order valence-corrected chi connectivity index (χ4v) is 1.77. The second-order valence-corrected chi connectivity index (χ2v) is 4.48. The van der Waals surface area contributed by atoms with Gasteiger partial charge in [-0.3, -0.25) is 0 Å². The number of rotatable bonds is 7. The highest BCUT2D eigenvalue weighted by molar-refractivity contribution is 5.18. The van der Waals surface area contributed by atoms with E-state index in [-0.39, 0.29) is 0 Å². The molecule has 0 fully saturated rings. The first-order valence-corrected chi connectivity index (χ1v) is 6.03. The number of nitrogens with two attached hydrogens (primary N) is 1. The van der Waals surface area contributed by atoms with E-state index in [0.29, 0.717) is 38.0 Å². The van der Waals surface area contributed by atoms with E-state index in [9.17, 15) is 13.9 Å². The number of hydrogen-bond acceptors (Lipinski definition) is 3. The van der Waals surface area contributed by atoms with Gasteiger partial charge in [0, 0.05) is 19.2 Å². The number of likely N-dealkylation sites (N-methyl/N-ethyl adjacent to an activating group) is 1. The Hall–Kier alpha value is -1.04. The van der Waals surface area contributed by atoms with Crippen molar-refractivity contribution in [3.63, 3.8) is 0 Å². The Bertz CT molecular complexity index is 374. The Morgan fingerprint density at radius 2 is 2.11 bits per heavy atom. The minimum Gasteiger partial charge on any atom is -0.392 e. The zero-order chi connectivity index (χ0) is 13.5. The number of benzene rings is 1. The number of aliphatic hydroxyl groups excluding tert-OH is 1. The minimum atomic E-state index is -0.567. The maximum Gasteiger partial charge on any atom is 0.129 e. The van der Waals surface area contributed by atoms with E-state index in [2.05, 4.69) is 0 Å². The SMILES string of the molecule is CN(CCc1ccc(F)cc1F)CC(O)CCN. The maximum atomic E-state index is 13.4. The van der Waals surface area contributed by atoms with Crippen LogP contribution >= 0.6 is 0 Å².